The third-order valence-electron chi connectivity index (χ3n) is 4.08. The van der Waals surface area contributed by atoms with Crippen molar-refractivity contribution in [2.45, 2.75) is 52.6 Å². The van der Waals surface area contributed by atoms with Crippen molar-refractivity contribution >= 4 is 17.3 Å². The molecular weight excluding hydrogens is 268 g/mol. The van der Waals surface area contributed by atoms with Gasteiger partial charge in [0.05, 0.1) is 0 Å². The van der Waals surface area contributed by atoms with Crippen LogP contribution in [0.3, 0.4) is 0 Å². The number of nitrogens with one attached hydrogen (secondary N) is 1. The number of halogens is 1. The molecule has 3 heteroatoms. The minimum atomic E-state index is 0.669. The minimum absolute atomic E-state index is 0.669. The lowest BCUT2D eigenvalue weighted by Gasteiger charge is -2.26. The maximum absolute atomic E-state index is 6.45. The summed E-state index contributed by atoms with van der Waals surface area (Å²) in [5.41, 5.74) is 2.48. The topological polar surface area (TPSA) is 15.3 Å². The van der Waals surface area contributed by atoms with Crippen molar-refractivity contribution in [1.29, 1.82) is 0 Å². The zero-order valence-corrected chi connectivity index (χ0v) is 13.7. The second-order valence-corrected chi connectivity index (χ2v) is 6.61. The maximum Gasteiger partial charge on any atom is 0.0471 e. The van der Waals surface area contributed by atoms with Gasteiger partial charge in [-0.2, -0.15) is 0 Å². The highest BCUT2D eigenvalue weighted by Crippen LogP contribution is 2.30. The SMILES string of the molecule is CCC1CCCN1c1ccc(CNCC(C)C)c(Cl)c1. The smallest absolute Gasteiger partial charge is 0.0471 e. The summed E-state index contributed by atoms with van der Waals surface area (Å²) < 4.78 is 0. The Morgan fingerprint density at radius 3 is 2.85 bits per heavy atom. The number of hydrogen-bond acceptors (Lipinski definition) is 2. The van der Waals surface area contributed by atoms with Crippen LogP contribution in [0.1, 0.15) is 45.6 Å². The van der Waals surface area contributed by atoms with Crippen molar-refractivity contribution in [2.75, 3.05) is 18.0 Å². The molecule has 0 aromatic heterocycles. The summed E-state index contributed by atoms with van der Waals surface area (Å²) in [5.74, 6) is 0.669. The van der Waals surface area contributed by atoms with E-state index in [-0.39, 0.29) is 0 Å². The Hall–Kier alpha value is -0.730. The molecule has 0 aliphatic carbocycles. The van der Waals surface area contributed by atoms with Crippen LogP contribution in [0.5, 0.6) is 0 Å². The third kappa shape index (κ3) is 3.89. The summed E-state index contributed by atoms with van der Waals surface area (Å²) in [6.45, 7) is 9.76. The molecule has 0 saturated carbocycles. The maximum atomic E-state index is 6.45. The standard InChI is InChI=1S/C17H27ClN2/c1-4-15-6-5-9-20(15)16-8-7-14(17(18)10-16)12-19-11-13(2)3/h7-8,10,13,15,19H,4-6,9,11-12H2,1-3H3. The van der Waals surface area contributed by atoms with Crippen LogP contribution in [-0.2, 0) is 6.54 Å². The van der Waals surface area contributed by atoms with E-state index in [1.165, 1.54) is 37.1 Å². The van der Waals surface area contributed by atoms with Gasteiger partial charge in [0.2, 0.25) is 0 Å². The molecule has 0 radical (unpaired) electrons. The first-order chi connectivity index (χ1) is 9.61. The lowest BCUT2D eigenvalue weighted by molar-refractivity contribution is 0.552. The molecule has 1 fully saturated rings. The van der Waals surface area contributed by atoms with E-state index in [1.54, 1.807) is 0 Å². The van der Waals surface area contributed by atoms with E-state index in [1.807, 2.05) is 0 Å². The first-order valence-corrected chi connectivity index (χ1v) is 8.25. The van der Waals surface area contributed by atoms with Gasteiger partial charge < -0.3 is 10.2 Å². The molecule has 112 valence electrons. The minimum Gasteiger partial charge on any atom is -0.369 e. The summed E-state index contributed by atoms with van der Waals surface area (Å²) >= 11 is 6.45. The van der Waals surface area contributed by atoms with Gasteiger partial charge in [0.1, 0.15) is 0 Å². The fraction of sp³-hybridized carbons (Fsp3) is 0.647. The van der Waals surface area contributed by atoms with Gasteiger partial charge in [-0.25, -0.2) is 0 Å². The van der Waals surface area contributed by atoms with E-state index in [0.29, 0.717) is 12.0 Å². The molecule has 1 N–H and O–H groups in total. The van der Waals surface area contributed by atoms with Gasteiger partial charge in [0.25, 0.3) is 0 Å². The van der Waals surface area contributed by atoms with Crippen LogP contribution >= 0.6 is 11.6 Å². The molecule has 0 bridgehead atoms. The summed E-state index contributed by atoms with van der Waals surface area (Å²) in [4.78, 5) is 2.51. The molecule has 1 aromatic rings. The Morgan fingerprint density at radius 2 is 2.20 bits per heavy atom. The van der Waals surface area contributed by atoms with Gasteiger partial charge in [-0.3, -0.25) is 0 Å². The molecular formula is C17H27ClN2. The fourth-order valence-corrected chi connectivity index (χ4v) is 3.20. The number of hydrogen-bond donors (Lipinski definition) is 1. The van der Waals surface area contributed by atoms with E-state index >= 15 is 0 Å². The van der Waals surface area contributed by atoms with E-state index in [9.17, 15) is 0 Å². The van der Waals surface area contributed by atoms with Gasteiger partial charge in [0, 0.05) is 29.8 Å². The van der Waals surface area contributed by atoms with E-state index < -0.39 is 0 Å². The highest BCUT2D eigenvalue weighted by molar-refractivity contribution is 6.31. The van der Waals surface area contributed by atoms with Crippen LogP contribution in [0.4, 0.5) is 5.69 Å². The molecule has 20 heavy (non-hydrogen) atoms. The monoisotopic (exact) mass is 294 g/mol. The highest BCUT2D eigenvalue weighted by atomic mass is 35.5. The van der Waals surface area contributed by atoms with Crippen LogP contribution in [0.2, 0.25) is 5.02 Å². The summed E-state index contributed by atoms with van der Waals surface area (Å²) in [7, 11) is 0. The zero-order valence-electron chi connectivity index (χ0n) is 13.0. The Kier molecular flexibility index (Phi) is 5.74. The van der Waals surface area contributed by atoms with Crippen LogP contribution in [0.15, 0.2) is 18.2 Å². The van der Waals surface area contributed by atoms with Crippen molar-refractivity contribution in [1.82, 2.24) is 5.32 Å². The van der Waals surface area contributed by atoms with Crippen molar-refractivity contribution in [3.63, 3.8) is 0 Å². The molecule has 1 atom stereocenters. The van der Waals surface area contributed by atoms with Crippen LogP contribution in [0.25, 0.3) is 0 Å². The number of anilines is 1. The van der Waals surface area contributed by atoms with Gasteiger partial charge >= 0.3 is 0 Å². The molecule has 0 amide bonds. The Morgan fingerprint density at radius 1 is 1.40 bits per heavy atom. The zero-order chi connectivity index (χ0) is 14.5. The predicted molar refractivity (Wildman–Crippen MR) is 88.7 cm³/mol. The van der Waals surface area contributed by atoms with Crippen molar-refractivity contribution in [2.24, 2.45) is 5.92 Å². The van der Waals surface area contributed by atoms with Crippen molar-refractivity contribution in [3.05, 3.63) is 28.8 Å². The number of benzene rings is 1. The summed E-state index contributed by atoms with van der Waals surface area (Å²) in [6, 6.07) is 7.24. The van der Waals surface area contributed by atoms with E-state index in [4.69, 9.17) is 11.6 Å². The first kappa shape index (κ1) is 15.7. The lowest BCUT2D eigenvalue weighted by Crippen LogP contribution is -2.28. The largest absolute Gasteiger partial charge is 0.369 e. The average Bonchev–Trinajstić information content (AvgIpc) is 2.88. The molecule has 1 aliphatic rings. The van der Waals surface area contributed by atoms with Gasteiger partial charge in [0.15, 0.2) is 0 Å². The molecule has 2 rings (SSSR count). The molecule has 1 heterocycles. The lowest BCUT2D eigenvalue weighted by atomic mass is 10.1. The molecule has 2 nitrogen and oxygen atoms in total. The Balaban J connectivity index is 2.02. The van der Waals surface area contributed by atoms with E-state index in [0.717, 1.165) is 18.1 Å². The highest BCUT2D eigenvalue weighted by Gasteiger charge is 2.23. The Labute approximate surface area is 128 Å². The van der Waals surface area contributed by atoms with E-state index in [2.05, 4.69) is 49.2 Å². The molecule has 1 unspecified atom stereocenters. The molecule has 1 aliphatic heterocycles. The summed E-state index contributed by atoms with van der Waals surface area (Å²) in [6.07, 6.45) is 3.83. The van der Waals surface area contributed by atoms with Crippen molar-refractivity contribution < 1.29 is 0 Å². The number of rotatable bonds is 6. The second-order valence-electron chi connectivity index (χ2n) is 6.20. The summed E-state index contributed by atoms with van der Waals surface area (Å²) in [5, 5.41) is 4.34. The predicted octanol–water partition coefficient (Wildman–Crippen LogP) is 4.46. The normalized spacial score (nSPS) is 19.1. The average molecular weight is 295 g/mol. The molecule has 1 aromatic carbocycles. The Bertz CT molecular complexity index is 431. The van der Waals surface area contributed by atoms with Crippen molar-refractivity contribution in [3.8, 4) is 0 Å². The third-order valence-corrected chi connectivity index (χ3v) is 4.44. The van der Waals surface area contributed by atoms with Crippen LogP contribution in [0, 0.1) is 5.92 Å². The second kappa shape index (κ2) is 7.33. The molecule has 1 saturated heterocycles. The number of nitrogens with zero attached hydrogens (tertiary/aromatic N) is 1. The fourth-order valence-electron chi connectivity index (χ4n) is 2.95. The quantitative estimate of drug-likeness (QED) is 0.833. The van der Waals surface area contributed by atoms with Crippen LogP contribution < -0.4 is 10.2 Å². The van der Waals surface area contributed by atoms with Gasteiger partial charge in [-0.05, 0) is 49.4 Å². The van der Waals surface area contributed by atoms with Gasteiger partial charge in [-0.15, -0.1) is 0 Å². The molecule has 0 spiro atoms. The van der Waals surface area contributed by atoms with Crippen LogP contribution in [-0.4, -0.2) is 19.1 Å². The first-order valence-electron chi connectivity index (χ1n) is 7.87. The van der Waals surface area contributed by atoms with Gasteiger partial charge in [-0.1, -0.05) is 38.4 Å².